The molecule has 1 aliphatic heterocycles. The van der Waals surface area contributed by atoms with Crippen LogP contribution in [-0.4, -0.2) is 36.5 Å². The molecule has 1 heterocycles. The van der Waals surface area contributed by atoms with Crippen LogP contribution in [0.5, 0.6) is 0 Å². The predicted molar refractivity (Wildman–Crippen MR) is 81.5 cm³/mol. The summed E-state index contributed by atoms with van der Waals surface area (Å²) in [5.41, 5.74) is 1.53. The molecule has 114 valence electrons. The van der Waals surface area contributed by atoms with Crippen LogP contribution in [0.1, 0.15) is 41.6 Å². The third-order valence-electron chi connectivity index (χ3n) is 3.81. The van der Waals surface area contributed by atoms with Crippen molar-refractivity contribution in [2.24, 2.45) is 0 Å². The molecule has 0 radical (unpaired) electrons. The maximum atomic E-state index is 12.7. The lowest BCUT2D eigenvalue weighted by Crippen LogP contribution is -2.44. The Bertz CT molecular complexity index is 524. The number of aryl methyl sites for hydroxylation is 1. The maximum absolute atomic E-state index is 12.7. The van der Waals surface area contributed by atoms with E-state index >= 15 is 0 Å². The molecule has 1 aliphatic rings. The first-order valence-electron chi connectivity index (χ1n) is 7.16. The third-order valence-corrected chi connectivity index (χ3v) is 4.03. The molecule has 0 aliphatic carbocycles. The van der Waals surface area contributed by atoms with Crippen molar-refractivity contribution in [3.8, 4) is 0 Å². The van der Waals surface area contributed by atoms with Crippen molar-refractivity contribution in [1.29, 1.82) is 0 Å². The Kier molecular flexibility index (Phi) is 5.23. The molecule has 0 spiro atoms. The molecule has 0 N–H and O–H groups in total. The zero-order chi connectivity index (χ0) is 15.4. The number of benzene rings is 1. The molecule has 21 heavy (non-hydrogen) atoms. The minimum atomic E-state index is -0.276. The summed E-state index contributed by atoms with van der Waals surface area (Å²) in [7, 11) is 1.37. The van der Waals surface area contributed by atoms with Gasteiger partial charge < -0.3 is 9.64 Å². The van der Waals surface area contributed by atoms with Gasteiger partial charge in [0.25, 0.3) is 5.91 Å². The normalized spacial score (nSPS) is 18.4. The molecule has 0 aromatic heterocycles. The van der Waals surface area contributed by atoms with Gasteiger partial charge in [0.1, 0.15) is 0 Å². The van der Waals surface area contributed by atoms with Crippen molar-refractivity contribution in [2.75, 3.05) is 13.7 Å². The zero-order valence-electron chi connectivity index (χ0n) is 12.4. The van der Waals surface area contributed by atoms with Crippen LogP contribution >= 0.6 is 11.6 Å². The highest BCUT2D eigenvalue weighted by Crippen LogP contribution is 2.24. The Labute approximate surface area is 130 Å². The number of hydrogen-bond acceptors (Lipinski definition) is 3. The summed E-state index contributed by atoms with van der Waals surface area (Å²) >= 11 is 6.03. The number of methoxy groups -OCH3 is 1. The highest BCUT2D eigenvalue weighted by atomic mass is 35.5. The maximum Gasteiger partial charge on any atom is 0.307 e. The van der Waals surface area contributed by atoms with E-state index in [4.69, 9.17) is 16.3 Å². The van der Waals surface area contributed by atoms with Gasteiger partial charge in [-0.1, -0.05) is 11.6 Å². The predicted octanol–water partition coefficient (Wildman–Crippen LogP) is 3.21. The van der Waals surface area contributed by atoms with Gasteiger partial charge in [0, 0.05) is 23.2 Å². The van der Waals surface area contributed by atoms with Crippen LogP contribution in [-0.2, 0) is 9.53 Å². The van der Waals surface area contributed by atoms with Gasteiger partial charge in [0.2, 0.25) is 0 Å². The van der Waals surface area contributed by atoms with E-state index in [1.165, 1.54) is 7.11 Å². The first-order chi connectivity index (χ1) is 10.0. The summed E-state index contributed by atoms with van der Waals surface area (Å²) in [4.78, 5) is 26.0. The molecule has 1 unspecified atom stereocenters. The zero-order valence-corrected chi connectivity index (χ0v) is 13.2. The average Bonchev–Trinajstić information content (AvgIpc) is 2.46. The number of likely N-dealkylation sites (tertiary alicyclic amines) is 1. The summed E-state index contributed by atoms with van der Waals surface area (Å²) in [5, 5.41) is 0.555. The third kappa shape index (κ3) is 3.97. The lowest BCUT2D eigenvalue weighted by molar-refractivity contribution is -0.142. The minimum absolute atomic E-state index is 0.0609. The topological polar surface area (TPSA) is 46.6 Å². The quantitative estimate of drug-likeness (QED) is 0.806. The second kappa shape index (κ2) is 6.94. The van der Waals surface area contributed by atoms with Crippen LogP contribution in [0.2, 0.25) is 5.02 Å². The number of ether oxygens (including phenoxy) is 1. The van der Waals surface area contributed by atoms with Crippen molar-refractivity contribution in [3.63, 3.8) is 0 Å². The smallest absolute Gasteiger partial charge is 0.307 e. The van der Waals surface area contributed by atoms with Crippen molar-refractivity contribution >= 4 is 23.5 Å². The fraction of sp³-hybridized carbons (Fsp3) is 0.500. The van der Waals surface area contributed by atoms with Crippen molar-refractivity contribution in [3.05, 3.63) is 34.3 Å². The van der Waals surface area contributed by atoms with Crippen LogP contribution in [0.25, 0.3) is 0 Å². The number of nitrogens with zero attached hydrogens (tertiary/aromatic N) is 1. The van der Waals surface area contributed by atoms with E-state index in [0.717, 1.165) is 24.8 Å². The summed E-state index contributed by atoms with van der Waals surface area (Å²) in [6.45, 7) is 2.58. The second-order valence-corrected chi connectivity index (χ2v) is 5.88. The molecule has 0 bridgehead atoms. The lowest BCUT2D eigenvalue weighted by Gasteiger charge is -2.35. The van der Waals surface area contributed by atoms with E-state index in [1.807, 2.05) is 19.1 Å². The fourth-order valence-corrected chi connectivity index (χ4v) is 3.07. The monoisotopic (exact) mass is 309 g/mol. The minimum Gasteiger partial charge on any atom is -0.469 e. The first-order valence-corrected chi connectivity index (χ1v) is 7.54. The average molecular weight is 310 g/mol. The number of piperidine rings is 1. The van der Waals surface area contributed by atoms with Gasteiger partial charge in [-0.3, -0.25) is 9.59 Å². The summed E-state index contributed by atoms with van der Waals surface area (Å²) in [6.07, 6.45) is 3.07. The summed E-state index contributed by atoms with van der Waals surface area (Å²) in [6, 6.07) is 5.25. The van der Waals surface area contributed by atoms with Gasteiger partial charge >= 0.3 is 5.97 Å². The van der Waals surface area contributed by atoms with Crippen LogP contribution < -0.4 is 0 Å². The lowest BCUT2D eigenvalue weighted by atomic mass is 9.98. The Hall–Kier alpha value is -1.55. The van der Waals surface area contributed by atoms with E-state index in [1.54, 1.807) is 11.0 Å². The van der Waals surface area contributed by atoms with Crippen LogP contribution in [0.3, 0.4) is 0 Å². The van der Waals surface area contributed by atoms with E-state index in [-0.39, 0.29) is 24.3 Å². The standard InChI is InChI=1S/C16H20ClNO3/c1-11-7-12(9-13(17)8-11)16(20)18-6-4-3-5-14(18)10-15(19)21-2/h7-9,14H,3-6,10H2,1-2H3. The first kappa shape index (κ1) is 15.8. The van der Waals surface area contributed by atoms with E-state index in [2.05, 4.69) is 0 Å². The fourth-order valence-electron chi connectivity index (χ4n) is 2.78. The van der Waals surface area contributed by atoms with E-state index < -0.39 is 0 Å². The molecule has 0 saturated carbocycles. The van der Waals surface area contributed by atoms with Crippen LogP contribution in [0.4, 0.5) is 0 Å². The number of halogens is 1. The van der Waals surface area contributed by atoms with Crippen molar-refractivity contribution in [2.45, 2.75) is 38.6 Å². The van der Waals surface area contributed by atoms with E-state index in [0.29, 0.717) is 17.1 Å². The summed E-state index contributed by atoms with van der Waals surface area (Å²) in [5.74, 6) is -0.337. The van der Waals surface area contributed by atoms with Gasteiger partial charge in [-0.05, 0) is 49.9 Å². The molecule has 1 aromatic carbocycles. The Balaban J connectivity index is 2.19. The highest BCUT2D eigenvalue weighted by Gasteiger charge is 2.29. The second-order valence-electron chi connectivity index (χ2n) is 5.45. The Morgan fingerprint density at radius 1 is 1.33 bits per heavy atom. The van der Waals surface area contributed by atoms with Crippen molar-refractivity contribution in [1.82, 2.24) is 4.90 Å². The molecule has 1 fully saturated rings. The number of carbonyl (C=O) groups is 2. The molecule has 1 saturated heterocycles. The van der Waals surface area contributed by atoms with Gasteiger partial charge in [0.05, 0.1) is 13.5 Å². The molecule has 1 aromatic rings. The van der Waals surface area contributed by atoms with Gasteiger partial charge in [0.15, 0.2) is 0 Å². The molecule has 4 nitrogen and oxygen atoms in total. The van der Waals surface area contributed by atoms with Gasteiger partial charge in [-0.25, -0.2) is 0 Å². The van der Waals surface area contributed by atoms with Gasteiger partial charge in [-0.15, -0.1) is 0 Å². The molecule has 1 amide bonds. The van der Waals surface area contributed by atoms with Gasteiger partial charge in [-0.2, -0.15) is 0 Å². The summed E-state index contributed by atoms with van der Waals surface area (Å²) < 4.78 is 4.73. The number of hydrogen-bond donors (Lipinski definition) is 0. The Morgan fingerprint density at radius 3 is 2.76 bits per heavy atom. The van der Waals surface area contributed by atoms with E-state index in [9.17, 15) is 9.59 Å². The molecular formula is C16H20ClNO3. The largest absolute Gasteiger partial charge is 0.469 e. The highest BCUT2D eigenvalue weighted by molar-refractivity contribution is 6.31. The molecule has 5 heteroatoms. The number of esters is 1. The number of amides is 1. The van der Waals surface area contributed by atoms with Crippen LogP contribution in [0, 0.1) is 6.92 Å². The number of carbonyl (C=O) groups excluding carboxylic acids is 2. The molecule has 2 rings (SSSR count). The molecule has 1 atom stereocenters. The number of rotatable bonds is 3. The Morgan fingerprint density at radius 2 is 2.10 bits per heavy atom. The van der Waals surface area contributed by atoms with Crippen molar-refractivity contribution < 1.29 is 14.3 Å². The van der Waals surface area contributed by atoms with Crippen LogP contribution in [0.15, 0.2) is 18.2 Å². The molecular weight excluding hydrogens is 290 g/mol. The SMILES string of the molecule is COC(=O)CC1CCCCN1C(=O)c1cc(C)cc(Cl)c1.